The summed E-state index contributed by atoms with van der Waals surface area (Å²) >= 11 is 0. The lowest BCUT2D eigenvalue weighted by atomic mass is 9.99. The molecule has 10 heteroatoms. The van der Waals surface area contributed by atoms with E-state index in [1.54, 1.807) is 0 Å². The second kappa shape index (κ2) is 8.22. The third-order valence-corrected chi connectivity index (χ3v) is 5.58. The molecule has 0 aromatic heterocycles. The van der Waals surface area contributed by atoms with Crippen LogP contribution in [-0.2, 0) is 20.9 Å². The first-order valence-corrected chi connectivity index (χ1v) is 8.99. The van der Waals surface area contributed by atoms with Crippen LogP contribution < -0.4 is 10.0 Å². The maximum atomic E-state index is 13.0. The average molecular weight is 403 g/mol. The molecule has 1 atom stereocenters. The van der Waals surface area contributed by atoms with Crippen molar-refractivity contribution in [3.8, 4) is 0 Å². The average Bonchev–Trinajstić information content (AvgIpc) is 2.94. The molecular weight excluding hydrogens is 381 g/mol. The van der Waals surface area contributed by atoms with E-state index >= 15 is 0 Å². The highest BCUT2D eigenvalue weighted by molar-refractivity contribution is 7.89. The Hall–Kier alpha value is -0.870. The zero-order valence-corrected chi connectivity index (χ0v) is 15.6. The van der Waals surface area contributed by atoms with Gasteiger partial charge in [0.2, 0.25) is 10.0 Å². The number of hydrogen-bond donors (Lipinski definition) is 2. The van der Waals surface area contributed by atoms with E-state index in [0.717, 1.165) is 25.5 Å². The second-order valence-corrected chi connectivity index (χ2v) is 7.81. The fraction of sp³-hybridized carbons (Fsp3) is 0.600. The number of sulfonamides is 1. The monoisotopic (exact) mass is 402 g/mol. The molecule has 0 bridgehead atoms. The van der Waals surface area contributed by atoms with Crippen molar-refractivity contribution in [2.75, 3.05) is 26.8 Å². The largest absolute Gasteiger partial charge is 0.416 e. The molecule has 1 fully saturated rings. The van der Waals surface area contributed by atoms with Crippen molar-refractivity contribution in [3.63, 3.8) is 0 Å². The molecule has 1 aromatic rings. The number of aryl methyl sites for hydroxylation is 1. The summed E-state index contributed by atoms with van der Waals surface area (Å²) in [6.45, 7) is 2.41. The van der Waals surface area contributed by atoms with Crippen LogP contribution in [0.3, 0.4) is 0 Å². The first-order chi connectivity index (χ1) is 11.1. The number of rotatable bonds is 6. The van der Waals surface area contributed by atoms with E-state index < -0.39 is 32.2 Å². The number of hydrogen-bond acceptors (Lipinski definition) is 4. The molecule has 0 saturated carbocycles. The summed E-state index contributed by atoms with van der Waals surface area (Å²) in [7, 11) is -2.53. The molecule has 1 aliphatic heterocycles. The van der Waals surface area contributed by atoms with Gasteiger partial charge in [-0.1, -0.05) is 6.07 Å². The number of methoxy groups -OCH3 is 1. The van der Waals surface area contributed by atoms with Gasteiger partial charge in [-0.3, -0.25) is 0 Å². The number of benzene rings is 1. The van der Waals surface area contributed by atoms with Crippen LogP contribution in [0.2, 0.25) is 0 Å². The molecule has 1 heterocycles. The highest BCUT2D eigenvalue weighted by atomic mass is 35.5. The Morgan fingerprint density at radius 2 is 2.04 bits per heavy atom. The van der Waals surface area contributed by atoms with Gasteiger partial charge in [0, 0.05) is 13.7 Å². The van der Waals surface area contributed by atoms with Crippen LogP contribution in [0.1, 0.15) is 24.0 Å². The predicted molar refractivity (Wildman–Crippen MR) is 90.5 cm³/mol. The molecule has 25 heavy (non-hydrogen) atoms. The van der Waals surface area contributed by atoms with Crippen LogP contribution >= 0.6 is 12.4 Å². The summed E-state index contributed by atoms with van der Waals surface area (Å²) in [5.74, 6) is 0. The lowest BCUT2D eigenvalue weighted by Crippen LogP contribution is -2.52. The number of nitrogens with one attached hydrogen (secondary N) is 2. The van der Waals surface area contributed by atoms with Crippen molar-refractivity contribution in [1.82, 2.24) is 10.0 Å². The van der Waals surface area contributed by atoms with Crippen molar-refractivity contribution in [3.05, 3.63) is 29.3 Å². The Bertz CT molecular complexity index is 690. The molecule has 0 amide bonds. The van der Waals surface area contributed by atoms with Crippen molar-refractivity contribution < 1.29 is 26.3 Å². The Labute approximate surface area is 151 Å². The lowest BCUT2D eigenvalue weighted by molar-refractivity contribution is -0.138. The minimum absolute atomic E-state index is 0. The molecule has 1 saturated heterocycles. The van der Waals surface area contributed by atoms with Crippen molar-refractivity contribution in [2.24, 2.45) is 0 Å². The van der Waals surface area contributed by atoms with E-state index in [1.165, 1.54) is 20.1 Å². The molecule has 144 valence electrons. The first-order valence-electron chi connectivity index (χ1n) is 7.51. The van der Waals surface area contributed by atoms with E-state index in [1.807, 2.05) is 0 Å². The van der Waals surface area contributed by atoms with Crippen molar-refractivity contribution in [1.29, 1.82) is 0 Å². The van der Waals surface area contributed by atoms with Gasteiger partial charge in [0.15, 0.2) is 0 Å². The minimum atomic E-state index is -4.60. The van der Waals surface area contributed by atoms with Crippen LogP contribution in [0, 0.1) is 6.92 Å². The zero-order valence-electron chi connectivity index (χ0n) is 13.9. The molecule has 0 aliphatic carbocycles. The summed E-state index contributed by atoms with van der Waals surface area (Å²) in [6.07, 6.45) is -2.99. The molecule has 0 spiro atoms. The molecule has 1 unspecified atom stereocenters. The normalized spacial score (nSPS) is 21.2. The fourth-order valence-corrected chi connectivity index (χ4v) is 4.01. The molecule has 5 nitrogen and oxygen atoms in total. The highest BCUT2D eigenvalue weighted by Crippen LogP contribution is 2.33. The summed E-state index contributed by atoms with van der Waals surface area (Å²) in [5, 5.41) is 3.21. The van der Waals surface area contributed by atoms with E-state index in [-0.39, 0.29) is 24.5 Å². The molecule has 2 rings (SSSR count). The Morgan fingerprint density at radius 1 is 1.36 bits per heavy atom. The SMILES string of the molecule is COCC1(CNS(=O)(=O)c2ccc(C)c(C(F)(F)F)c2)CCCN1.Cl. The van der Waals surface area contributed by atoms with Gasteiger partial charge in [-0.2, -0.15) is 13.2 Å². The second-order valence-electron chi connectivity index (χ2n) is 6.04. The van der Waals surface area contributed by atoms with Crippen molar-refractivity contribution in [2.45, 2.75) is 36.4 Å². The first kappa shape index (κ1) is 22.2. The van der Waals surface area contributed by atoms with Crippen LogP contribution in [0.15, 0.2) is 23.1 Å². The quantitative estimate of drug-likeness (QED) is 0.767. The van der Waals surface area contributed by atoms with Gasteiger partial charge in [0.05, 0.1) is 22.6 Å². The molecule has 2 N–H and O–H groups in total. The number of alkyl halides is 3. The third-order valence-electron chi connectivity index (χ3n) is 4.18. The molecule has 0 radical (unpaired) electrons. The Kier molecular flexibility index (Phi) is 7.29. The van der Waals surface area contributed by atoms with Gasteiger partial charge >= 0.3 is 6.18 Å². The maximum absolute atomic E-state index is 13.0. The predicted octanol–water partition coefficient (Wildman–Crippen LogP) is 2.48. The smallest absolute Gasteiger partial charge is 0.383 e. The van der Waals surface area contributed by atoms with Gasteiger partial charge in [0.25, 0.3) is 0 Å². The van der Waals surface area contributed by atoms with Crippen molar-refractivity contribution >= 4 is 22.4 Å². The number of halogens is 4. The molecule has 1 aromatic carbocycles. The van der Waals surface area contributed by atoms with Crippen LogP contribution in [-0.4, -0.2) is 40.8 Å². The molecular formula is C15H22ClF3N2O3S. The van der Waals surface area contributed by atoms with Gasteiger partial charge < -0.3 is 10.1 Å². The summed E-state index contributed by atoms with van der Waals surface area (Å²) in [4.78, 5) is -0.397. The van der Waals surface area contributed by atoms with Crippen LogP contribution in [0.5, 0.6) is 0 Å². The Morgan fingerprint density at radius 3 is 2.56 bits per heavy atom. The summed E-state index contributed by atoms with van der Waals surface area (Å²) in [6, 6.07) is 3.01. The van der Waals surface area contributed by atoms with E-state index in [0.29, 0.717) is 12.7 Å². The third kappa shape index (κ3) is 5.30. The van der Waals surface area contributed by atoms with E-state index in [4.69, 9.17) is 4.74 Å². The highest BCUT2D eigenvalue weighted by Gasteiger charge is 2.36. The van der Waals surface area contributed by atoms with Crippen LogP contribution in [0.4, 0.5) is 13.2 Å². The lowest BCUT2D eigenvalue weighted by Gasteiger charge is -2.28. The fourth-order valence-electron chi connectivity index (χ4n) is 2.86. The molecule has 1 aliphatic rings. The minimum Gasteiger partial charge on any atom is -0.383 e. The Balaban J connectivity index is 0.00000312. The standard InChI is InChI=1S/C15H21F3N2O3S.ClH/c1-11-4-5-12(8-13(11)15(16,17)18)24(21,22)20-9-14(10-23-2)6-3-7-19-14;/h4-5,8,19-20H,3,6-7,9-10H2,1-2H3;1H. The van der Waals surface area contributed by atoms with Gasteiger partial charge in [-0.15, -0.1) is 12.4 Å². The summed E-state index contributed by atoms with van der Waals surface area (Å²) in [5.41, 5.74) is -1.50. The van der Waals surface area contributed by atoms with Gasteiger partial charge in [0.1, 0.15) is 0 Å². The zero-order chi connectivity index (χ0) is 18.0. The maximum Gasteiger partial charge on any atom is 0.416 e. The van der Waals surface area contributed by atoms with Gasteiger partial charge in [-0.25, -0.2) is 13.1 Å². The van der Waals surface area contributed by atoms with E-state index in [9.17, 15) is 21.6 Å². The topological polar surface area (TPSA) is 67.4 Å². The number of ether oxygens (including phenoxy) is 1. The van der Waals surface area contributed by atoms with E-state index in [2.05, 4.69) is 10.0 Å². The van der Waals surface area contributed by atoms with Gasteiger partial charge in [-0.05, 0) is 44.0 Å². The van der Waals surface area contributed by atoms with Crippen LogP contribution in [0.25, 0.3) is 0 Å². The summed E-state index contributed by atoms with van der Waals surface area (Å²) < 4.78 is 71.2.